The molecule has 0 amide bonds. The third-order valence-corrected chi connectivity index (χ3v) is 16.4. The molecule has 0 aliphatic rings. The molecule has 83 heavy (non-hydrogen) atoms. The van der Waals surface area contributed by atoms with Gasteiger partial charge in [-0.1, -0.05) is 194 Å². The average Bonchev–Trinajstić information content (AvgIpc) is 3.50. The zero-order chi connectivity index (χ0) is 55.0. The van der Waals surface area contributed by atoms with Gasteiger partial charge < -0.3 is 13.7 Å². The summed E-state index contributed by atoms with van der Waals surface area (Å²) in [6.45, 7) is 0. The van der Waals surface area contributed by atoms with Crippen LogP contribution in [-0.2, 0) is 0 Å². The minimum atomic E-state index is 0.614. The van der Waals surface area contributed by atoms with Crippen LogP contribution < -0.4 is 0 Å². The summed E-state index contributed by atoms with van der Waals surface area (Å²) in [5, 5.41) is 17.0. The molecule has 0 radical (unpaired) electrons. The van der Waals surface area contributed by atoms with Crippen molar-refractivity contribution in [3.8, 4) is 90.4 Å². The number of nitriles is 1. The Morgan fingerprint density at radius 1 is 0.265 bits per heavy atom. The van der Waals surface area contributed by atoms with Crippen molar-refractivity contribution in [3.63, 3.8) is 0 Å². The molecule has 0 aliphatic carbocycles. The fourth-order valence-electron chi connectivity index (χ4n) is 12.7. The second-order valence-electron chi connectivity index (χ2n) is 21.2. The van der Waals surface area contributed by atoms with Gasteiger partial charge in [-0.15, -0.1) is 0 Å². The maximum absolute atomic E-state index is 9.98. The first-order valence-corrected chi connectivity index (χ1v) is 28.0. The SMILES string of the molecule is N#Cc1cccc(-c2ccc3c(c2)c2ccccc2n3-c2c(-c3cccc(-n4c5ccccc5c5ccccc54)c3)cc(-c3nc(-c4ccccc4)cc(-c4ccccc4)n3)cc2-c2cccc(-n3c4ccccc4c4ccccc43)c2)c1. The molecule has 0 fully saturated rings. The molecule has 4 aromatic heterocycles. The van der Waals surface area contributed by atoms with E-state index < -0.39 is 0 Å². The summed E-state index contributed by atoms with van der Waals surface area (Å²) >= 11 is 0. The topological polar surface area (TPSA) is 64.4 Å². The number of hydrogen-bond donors (Lipinski definition) is 0. The van der Waals surface area contributed by atoms with E-state index in [1.165, 1.54) is 21.5 Å². The number of benzene rings is 12. The van der Waals surface area contributed by atoms with Crippen LogP contribution in [0.3, 0.4) is 0 Å². The van der Waals surface area contributed by atoms with Crippen LogP contribution in [-0.4, -0.2) is 23.7 Å². The number of nitrogens with zero attached hydrogens (tertiary/aromatic N) is 6. The summed E-state index contributed by atoms with van der Waals surface area (Å²) in [7, 11) is 0. The maximum Gasteiger partial charge on any atom is 0.160 e. The number of para-hydroxylation sites is 5. The predicted molar refractivity (Wildman–Crippen MR) is 342 cm³/mol. The van der Waals surface area contributed by atoms with E-state index in [0.717, 1.165) is 122 Å². The van der Waals surface area contributed by atoms with Crippen LogP contribution in [0.5, 0.6) is 0 Å². The standard InChI is InChI=1S/C77H48N6/c78-49-50-20-17-25-53(42-50)54-40-41-75-67(45-54)64-34-11-16-39-74(64)83(75)76-65(55-26-18-28-58(43-55)81-70-35-12-7-30-60(70)61-31-8-13-36-71(61)81)46-57(77-79-68(51-21-3-1-4-22-51)48-69(80-77)52-23-5-2-6-24-52)47-66(76)56-27-19-29-59(44-56)82-72-37-14-9-32-62(72)63-33-10-15-38-73(63)82/h1-48H. The minimum Gasteiger partial charge on any atom is -0.309 e. The Bertz CT molecular complexity index is 4950. The summed E-state index contributed by atoms with van der Waals surface area (Å²) < 4.78 is 7.27. The molecule has 0 N–H and O–H groups in total. The van der Waals surface area contributed by atoms with Crippen molar-refractivity contribution >= 4 is 65.4 Å². The Labute approximate surface area is 478 Å². The molecule has 12 aromatic carbocycles. The van der Waals surface area contributed by atoms with Crippen molar-refractivity contribution < 1.29 is 0 Å². The van der Waals surface area contributed by atoms with Crippen molar-refractivity contribution in [2.75, 3.05) is 0 Å². The van der Waals surface area contributed by atoms with Gasteiger partial charge in [0.2, 0.25) is 0 Å². The first-order valence-electron chi connectivity index (χ1n) is 28.0. The molecule has 386 valence electrons. The van der Waals surface area contributed by atoms with Crippen molar-refractivity contribution in [2.24, 2.45) is 0 Å². The molecule has 0 aliphatic heterocycles. The Morgan fingerprint density at radius 2 is 0.651 bits per heavy atom. The highest BCUT2D eigenvalue weighted by Gasteiger charge is 2.25. The van der Waals surface area contributed by atoms with Crippen molar-refractivity contribution in [1.29, 1.82) is 5.26 Å². The third-order valence-electron chi connectivity index (χ3n) is 16.4. The molecule has 0 unspecified atom stereocenters. The van der Waals surface area contributed by atoms with Gasteiger partial charge in [-0.25, -0.2) is 9.97 Å². The van der Waals surface area contributed by atoms with Crippen LogP contribution in [0, 0.1) is 11.3 Å². The predicted octanol–water partition coefficient (Wildman–Crippen LogP) is 19.6. The van der Waals surface area contributed by atoms with E-state index >= 15 is 0 Å². The maximum atomic E-state index is 9.98. The van der Waals surface area contributed by atoms with E-state index in [-0.39, 0.29) is 0 Å². The monoisotopic (exact) mass is 1060 g/mol. The van der Waals surface area contributed by atoms with Crippen LogP contribution >= 0.6 is 0 Å². The van der Waals surface area contributed by atoms with Gasteiger partial charge in [0, 0.05) is 71.5 Å². The minimum absolute atomic E-state index is 0.614. The fraction of sp³-hybridized carbons (Fsp3) is 0. The van der Waals surface area contributed by atoms with Gasteiger partial charge in [0.25, 0.3) is 0 Å². The van der Waals surface area contributed by atoms with Gasteiger partial charge in [-0.05, 0) is 119 Å². The van der Waals surface area contributed by atoms with Crippen LogP contribution in [0.2, 0.25) is 0 Å². The van der Waals surface area contributed by atoms with Crippen molar-refractivity contribution in [2.45, 2.75) is 0 Å². The Hall–Kier alpha value is -11.4. The molecular formula is C77H48N6. The zero-order valence-electron chi connectivity index (χ0n) is 44.9. The van der Waals surface area contributed by atoms with E-state index in [2.05, 4.69) is 281 Å². The lowest BCUT2D eigenvalue weighted by atomic mass is 9.91. The smallest absolute Gasteiger partial charge is 0.160 e. The van der Waals surface area contributed by atoms with E-state index in [9.17, 15) is 5.26 Å². The highest BCUT2D eigenvalue weighted by Crippen LogP contribution is 2.46. The molecule has 0 bridgehead atoms. The first-order chi connectivity index (χ1) is 41.1. The Balaban J connectivity index is 1.04. The van der Waals surface area contributed by atoms with Crippen molar-refractivity contribution in [3.05, 3.63) is 297 Å². The van der Waals surface area contributed by atoms with Crippen LogP contribution in [0.25, 0.3) is 150 Å². The second-order valence-corrected chi connectivity index (χ2v) is 21.2. The van der Waals surface area contributed by atoms with E-state index in [0.29, 0.717) is 11.4 Å². The molecular weight excluding hydrogens is 1010 g/mol. The summed E-state index contributed by atoms with van der Waals surface area (Å²) in [5.41, 5.74) is 21.1. The molecule has 0 spiro atoms. The number of rotatable bonds is 9. The van der Waals surface area contributed by atoms with Crippen LogP contribution in [0.4, 0.5) is 0 Å². The molecule has 0 saturated heterocycles. The number of hydrogen-bond acceptors (Lipinski definition) is 3. The third kappa shape index (κ3) is 7.94. The molecule has 0 saturated carbocycles. The molecule has 16 rings (SSSR count). The second kappa shape index (κ2) is 19.5. The first kappa shape index (κ1) is 47.6. The molecule has 6 nitrogen and oxygen atoms in total. The van der Waals surface area contributed by atoms with Gasteiger partial charge in [0.15, 0.2) is 5.82 Å². The molecule has 0 atom stereocenters. The van der Waals surface area contributed by atoms with Gasteiger partial charge in [-0.2, -0.15) is 5.26 Å². The highest BCUT2D eigenvalue weighted by atomic mass is 15.0. The Kier molecular flexibility index (Phi) is 11.2. The van der Waals surface area contributed by atoms with Gasteiger partial charge in [0.1, 0.15) is 0 Å². The number of aromatic nitrogens is 5. The fourth-order valence-corrected chi connectivity index (χ4v) is 12.7. The molecule has 6 heteroatoms. The van der Waals surface area contributed by atoms with Gasteiger partial charge in [0.05, 0.1) is 61.8 Å². The lowest BCUT2D eigenvalue weighted by molar-refractivity contribution is 1.16. The van der Waals surface area contributed by atoms with Gasteiger partial charge in [-0.3, -0.25) is 0 Å². The number of fused-ring (bicyclic) bond motifs is 9. The summed E-state index contributed by atoms with van der Waals surface area (Å²) in [5.74, 6) is 0.614. The van der Waals surface area contributed by atoms with Crippen molar-refractivity contribution in [1.82, 2.24) is 23.7 Å². The van der Waals surface area contributed by atoms with E-state index in [1.54, 1.807) is 0 Å². The Morgan fingerprint density at radius 3 is 1.13 bits per heavy atom. The normalized spacial score (nSPS) is 11.6. The van der Waals surface area contributed by atoms with Crippen LogP contribution in [0.1, 0.15) is 5.56 Å². The van der Waals surface area contributed by atoms with E-state index in [1.807, 2.05) is 30.3 Å². The molecule has 4 heterocycles. The summed E-state index contributed by atoms with van der Waals surface area (Å²) in [4.78, 5) is 11.0. The largest absolute Gasteiger partial charge is 0.309 e. The lowest BCUT2D eigenvalue weighted by Gasteiger charge is -2.22. The lowest BCUT2D eigenvalue weighted by Crippen LogP contribution is -2.04. The van der Waals surface area contributed by atoms with E-state index in [4.69, 9.17) is 9.97 Å². The van der Waals surface area contributed by atoms with Gasteiger partial charge >= 0.3 is 0 Å². The highest BCUT2D eigenvalue weighted by molar-refractivity contribution is 6.13. The molecule has 16 aromatic rings. The summed E-state index contributed by atoms with van der Waals surface area (Å²) in [6.07, 6.45) is 0. The zero-order valence-corrected chi connectivity index (χ0v) is 44.9. The average molecular weight is 1060 g/mol. The van der Waals surface area contributed by atoms with Crippen LogP contribution in [0.15, 0.2) is 291 Å². The quantitative estimate of drug-likeness (QED) is 0.145. The summed E-state index contributed by atoms with van der Waals surface area (Å²) in [6, 6.07) is 106.